The third-order valence-corrected chi connectivity index (χ3v) is 6.27. The summed E-state index contributed by atoms with van der Waals surface area (Å²) in [7, 11) is 0. The van der Waals surface area contributed by atoms with Gasteiger partial charge in [0.15, 0.2) is 0 Å². The molecule has 2 amide bonds. The molecule has 120 valence electrons. The molecule has 0 radical (unpaired) electrons. The van der Waals surface area contributed by atoms with Crippen LogP contribution in [0.2, 0.25) is 0 Å². The van der Waals surface area contributed by atoms with Crippen LogP contribution in [0.4, 0.5) is 0 Å². The van der Waals surface area contributed by atoms with E-state index in [4.69, 9.17) is 0 Å². The second-order valence-electron chi connectivity index (χ2n) is 6.13. The van der Waals surface area contributed by atoms with Gasteiger partial charge in [0.05, 0.1) is 0 Å². The highest BCUT2D eigenvalue weighted by Crippen LogP contribution is 2.35. The molecule has 2 fully saturated rings. The number of carbonyl (C=O) groups excluding carboxylic acids is 2. The molecule has 1 aliphatic heterocycles. The van der Waals surface area contributed by atoms with Crippen LogP contribution in [0.25, 0.3) is 0 Å². The van der Waals surface area contributed by atoms with Crippen molar-refractivity contribution in [2.75, 3.05) is 12.3 Å². The minimum Gasteiger partial charge on any atom is -0.342 e. The molecule has 2 atom stereocenters. The molecule has 2 rings (SSSR count). The molecule has 0 aromatic heterocycles. The Morgan fingerprint density at radius 1 is 1.24 bits per heavy atom. The molecular weight excluding hydrogens is 284 g/mol. The number of rotatable bonds is 5. The van der Waals surface area contributed by atoms with E-state index in [0.29, 0.717) is 37.1 Å². The number of nitrogens with zero attached hydrogens (tertiary/aromatic N) is 1. The molecule has 1 saturated heterocycles. The van der Waals surface area contributed by atoms with Crippen LogP contribution in [0.5, 0.6) is 0 Å². The van der Waals surface area contributed by atoms with Crippen LogP contribution in [0, 0.1) is 0 Å². The average molecular weight is 312 g/mol. The van der Waals surface area contributed by atoms with Crippen LogP contribution in [-0.4, -0.2) is 45.8 Å². The van der Waals surface area contributed by atoms with E-state index in [2.05, 4.69) is 12.2 Å². The van der Waals surface area contributed by atoms with Crippen LogP contribution < -0.4 is 5.32 Å². The van der Waals surface area contributed by atoms with E-state index in [1.165, 1.54) is 6.42 Å². The molecule has 0 bridgehead atoms. The van der Waals surface area contributed by atoms with Crippen LogP contribution in [0.1, 0.15) is 59.3 Å². The summed E-state index contributed by atoms with van der Waals surface area (Å²) in [6, 6.07) is 0.326. The fourth-order valence-electron chi connectivity index (χ4n) is 3.65. The van der Waals surface area contributed by atoms with Gasteiger partial charge in [-0.05, 0) is 37.9 Å². The van der Waals surface area contributed by atoms with Crippen molar-refractivity contribution in [2.24, 2.45) is 0 Å². The lowest BCUT2D eigenvalue weighted by atomic mass is 9.90. The Morgan fingerprint density at radius 3 is 2.57 bits per heavy atom. The Kier molecular flexibility index (Phi) is 5.58. The lowest BCUT2D eigenvalue weighted by Gasteiger charge is -2.36. The first-order chi connectivity index (χ1) is 10.1. The molecule has 0 aromatic carbocycles. The van der Waals surface area contributed by atoms with Crippen molar-refractivity contribution in [1.82, 2.24) is 10.2 Å². The average Bonchev–Trinajstić information content (AvgIpc) is 2.89. The van der Waals surface area contributed by atoms with Crippen LogP contribution >= 0.6 is 11.8 Å². The summed E-state index contributed by atoms with van der Waals surface area (Å²) in [5.41, 5.74) is -0.677. The van der Waals surface area contributed by atoms with Gasteiger partial charge < -0.3 is 10.2 Å². The second kappa shape index (κ2) is 7.03. The second-order valence-corrected chi connectivity index (χ2v) is 7.71. The van der Waals surface area contributed by atoms with Gasteiger partial charge in [0.2, 0.25) is 11.8 Å². The van der Waals surface area contributed by atoms with Gasteiger partial charge in [-0.15, -0.1) is 0 Å². The van der Waals surface area contributed by atoms with Gasteiger partial charge in [0.1, 0.15) is 5.54 Å². The first kappa shape index (κ1) is 16.7. The number of thioether (sulfide) groups is 1. The SMILES string of the molecule is CCSC1CCC(N2CCC(=O)NC(CC)(CC)C2=O)C1. The highest BCUT2D eigenvalue weighted by atomic mass is 32.2. The highest BCUT2D eigenvalue weighted by Gasteiger charge is 2.44. The van der Waals surface area contributed by atoms with Gasteiger partial charge in [0.25, 0.3) is 0 Å². The molecule has 4 nitrogen and oxygen atoms in total. The smallest absolute Gasteiger partial charge is 0.248 e. The van der Waals surface area contributed by atoms with Crippen molar-refractivity contribution in [3.8, 4) is 0 Å². The molecule has 2 aliphatic rings. The van der Waals surface area contributed by atoms with Crippen LogP contribution in [0.15, 0.2) is 0 Å². The normalized spacial score (nSPS) is 29.4. The molecule has 21 heavy (non-hydrogen) atoms. The van der Waals surface area contributed by atoms with Crippen molar-refractivity contribution < 1.29 is 9.59 Å². The van der Waals surface area contributed by atoms with Crippen molar-refractivity contribution >= 4 is 23.6 Å². The molecule has 1 N–H and O–H groups in total. The van der Waals surface area contributed by atoms with Crippen LogP contribution in [-0.2, 0) is 9.59 Å². The number of amides is 2. The lowest BCUT2D eigenvalue weighted by molar-refractivity contribution is -0.141. The fraction of sp³-hybridized carbons (Fsp3) is 0.875. The molecule has 0 spiro atoms. The number of nitrogens with one attached hydrogen (secondary N) is 1. The number of hydrogen-bond acceptors (Lipinski definition) is 3. The molecule has 5 heteroatoms. The maximum absolute atomic E-state index is 13.0. The molecule has 1 aliphatic carbocycles. The maximum Gasteiger partial charge on any atom is 0.248 e. The first-order valence-corrected chi connectivity index (χ1v) is 9.34. The number of carbonyl (C=O) groups is 2. The van der Waals surface area contributed by atoms with E-state index in [1.807, 2.05) is 30.5 Å². The summed E-state index contributed by atoms with van der Waals surface area (Å²) in [6.07, 6.45) is 5.15. The lowest BCUT2D eigenvalue weighted by Crippen LogP contribution is -2.58. The van der Waals surface area contributed by atoms with Gasteiger partial charge in [-0.3, -0.25) is 9.59 Å². The highest BCUT2D eigenvalue weighted by molar-refractivity contribution is 7.99. The van der Waals surface area contributed by atoms with Crippen molar-refractivity contribution in [2.45, 2.75) is 76.1 Å². The molecule has 2 unspecified atom stereocenters. The summed E-state index contributed by atoms with van der Waals surface area (Å²) >= 11 is 2.00. The zero-order chi connectivity index (χ0) is 15.5. The van der Waals surface area contributed by atoms with Crippen molar-refractivity contribution in [3.05, 3.63) is 0 Å². The Balaban J connectivity index is 2.15. The monoisotopic (exact) mass is 312 g/mol. The van der Waals surface area contributed by atoms with Crippen molar-refractivity contribution in [1.29, 1.82) is 0 Å². The third-order valence-electron chi connectivity index (χ3n) is 5.04. The molecule has 1 saturated carbocycles. The van der Waals surface area contributed by atoms with Gasteiger partial charge in [-0.2, -0.15) is 11.8 Å². The fourth-order valence-corrected chi connectivity index (χ4v) is 4.78. The topological polar surface area (TPSA) is 49.4 Å². The summed E-state index contributed by atoms with van der Waals surface area (Å²) < 4.78 is 0. The molecule has 1 heterocycles. The Bertz CT molecular complexity index is 396. The van der Waals surface area contributed by atoms with Gasteiger partial charge >= 0.3 is 0 Å². The quantitative estimate of drug-likeness (QED) is 0.849. The third kappa shape index (κ3) is 3.38. The van der Waals surface area contributed by atoms with Crippen LogP contribution in [0.3, 0.4) is 0 Å². The Labute approximate surface area is 132 Å². The molecular formula is C16H28N2O2S. The molecule has 0 aromatic rings. The first-order valence-electron chi connectivity index (χ1n) is 8.30. The maximum atomic E-state index is 13.0. The zero-order valence-electron chi connectivity index (χ0n) is 13.5. The zero-order valence-corrected chi connectivity index (χ0v) is 14.3. The van der Waals surface area contributed by atoms with E-state index >= 15 is 0 Å². The standard InChI is InChI=1S/C16H28N2O2S/c1-4-16(5-2)15(20)18(10-9-14(19)17-16)12-7-8-13(11-12)21-6-3/h12-13H,4-11H2,1-3H3,(H,17,19). The largest absolute Gasteiger partial charge is 0.342 e. The number of hydrogen-bond donors (Lipinski definition) is 1. The van der Waals surface area contributed by atoms with E-state index < -0.39 is 5.54 Å². The van der Waals surface area contributed by atoms with E-state index in [9.17, 15) is 9.59 Å². The minimum absolute atomic E-state index is 0.0204. The summed E-state index contributed by atoms with van der Waals surface area (Å²) in [4.78, 5) is 27.0. The van der Waals surface area contributed by atoms with E-state index in [0.717, 1.165) is 18.6 Å². The van der Waals surface area contributed by atoms with E-state index in [-0.39, 0.29) is 11.8 Å². The summed E-state index contributed by atoms with van der Waals surface area (Å²) in [6.45, 7) is 6.77. The summed E-state index contributed by atoms with van der Waals surface area (Å²) in [5, 5.41) is 3.67. The minimum atomic E-state index is -0.677. The van der Waals surface area contributed by atoms with Gasteiger partial charge in [-0.25, -0.2) is 0 Å². The summed E-state index contributed by atoms with van der Waals surface area (Å²) in [5.74, 6) is 1.30. The Morgan fingerprint density at radius 2 is 1.95 bits per heavy atom. The predicted molar refractivity (Wildman–Crippen MR) is 87.3 cm³/mol. The van der Waals surface area contributed by atoms with Gasteiger partial charge in [-0.1, -0.05) is 20.8 Å². The predicted octanol–water partition coefficient (Wildman–Crippen LogP) is 2.57. The van der Waals surface area contributed by atoms with E-state index in [1.54, 1.807) is 0 Å². The van der Waals surface area contributed by atoms with Crippen molar-refractivity contribution in [3.63, 3.8) is 0 Å². The van der Waals surface area contributed by atoms with Gasteiger partial charge in [0, 0.05) is 24.3 Å². The Hall–Kier alpha value is -0.710.